The lowest BCUT2D eigenvalue weighted by Crippen LogP contribution is -2.44. The number of likely N-dealkylation sites (tertiary alicyclic amines) is 1. The summed E-state index contributed by atoms with van der Waals surface area (Å²) < 4.78 is 47.1. The van der Waals surface area contributed by atoms with Crippen LogP contribution < -0.4 is 20.1 Å². The van der Waals surface area contributed by atoms with E-state index >= 15 is 0 Å². The number of hydrogen-bond acceptors (Lipinski definition) is 5. The van der Waals surface area contributed by atoms with Crippen molar-refractivity contribution in [2.45, 2.75) is 31.9 Å². The van der Waals surface area contributed by atoms with E-state index in [-0.39, 0.29) is 48.3 Å². The molecular weight excluding hydrogens is 531 g/mol. The van der Waals surface area contributed by atoms with Gasteiger partial charge in [0, 0.05) is 44.1 Å². The molecule has 0 radical (unpaired) electrons. The Morgan fingerprint density at radius 3 is 2.30 bits per heavy atom. The molecule has 0 aliphatic carbocycles. The number of ether oxygens (including phenoxy) is 2. The number of amides is 3. The Kier molecular flexibility index (Phi) is 8.77. The van der Waals surface area contributed by atoms with E-state index in [4.69, 9.17) is 4.74 Å². The molecule has 0 atom stereocenters. The molecule has 0 saturated carbocycles. The highest BCUT2D eigenvalue weighted by molar-refractivity contribution is 6.03. The molecule has 40 heavy (non-hydrogen) atoms. The lowest BCUT2D eigenvalue weighted by molar-refractivity contribution is -0.274. The second-order valence-corrected chi connectivity index (χ2v) is 8.99. The average Bonchev–Trinajstić information content (AvgIpc) is 2.91. The highest BCUT2D eigenvalue weighted by Crippen LogP contribution is 2.28. The van der Waals surface area contributed by atoms with E-state index in [1.807, 2.05) is 30.3 Å². The van der Waals surface area contributed by atoms with Crippen LogP contribution in [0.4, 0.5) is 23.7 Å². The fraction of sp³-hybridized carbons (Fsp3) is 0.250. The van der Waals surface area contributed by atoms with Crippen LogP contribution in [-0.2, 0) is 6.54 Å². The van der Waals surface area contributed by atoms with Crippen molar-refractivity contribution < 1.29 is 42.1 Å². The molecule has 210 valence electrons. The minimum Gasteiger partial charge on any atom is -0.490 e. The molecule has 0 bridgehead atoms. The van der Waals surface area contributed by atoms with Gasteiger partial charge in [0.1, 0.15) is 17.6 Å². The number of alkyl halides is 3. The lowest BCUT2D eigenvalue weighted by atomic mass is 10.1. The van der Waals surface area contributed by atoms with E-state index in [1.54, 1.807) is 0 Å². The lowest BCUT2D eigenvalue weighted by Gasteiger charge is -2.32. The van der Waals surface area contributed by atoms with Crippen LogP contribution in [0.3, 0.4) is 0 Å². The van der Waals surface area contributed by atoms with E-state index < -0.39 is 30.0 Å². The first-order chi connectivity index (χ1) is 19.1. The standard InChI is InChI=1S/C28H26F3N3O6/c29-28(30,31)40-22-8-4-7-21(16-22)39-20-11-13-34(14-12-20)27(38)33-24-15-19(9-10-23(24)26(36)37)25(35)32-17-18-5-2-1-3-6-18/h1-10,15-16,20H,11-14,17H2,(H,32,35)(H,33,38)(H,36,37). The maximum absolute atomic E-state index is 12.9. The van der Waals surface area contributed by atoms with Gasteiger partial charge in [0.25, 0.3) is 5.91 Å². The Balaban J connectivity index is 1.34. The number of halogens is 3. The van der Waals surface area contributed by atoms with Crippen LogP contribution in [0.2, 0.25) is 0 Å². The summed E-state index contributed by atoms with van der Waals surface area (Å²) in [6.07, 6.45) is -4.38. The smallest absolute Gasteiger partial charge is 0.490 e. The molecule has 0 spiro atoms. The second-order valence-electron chi connectivity index (χ2n) is 8.99. The number of carboxylic acid groups (broad SMARTS) is 1. The quantitative estimate of drug-likeness (QED) is 0.347. The van der Waals surface area contributed by atoms with E-state index in [1.165, 1.54) is 41.3 Å². The maximum Gasteiger partial charge on any atom is 0.573 e. The number of benzene rings is 3. The molecule has 1 heterocycles. The zero-order valence-corrected chi connectivity index (χ0v) is 21.1. The first-order valence-electron chi connectivity index (χ1n) is 12.4. The number of nitrogens with one attached hydrogen (secondary N) is 2. The van der Waals surface area contributed by atoms with Gasteiger partial charge < -0.3 is 30.1 Å². The summed E-state index contributed by atoms with van der Waals surface area (Å²) in [5, 5.41) is 14.9. The van der Waals surface area contributed by atoms with Crippen molar-refractivity contribution in [1.29, 1.82) is 0 Å². The molecule has 1 aliphatic heterocycles. The highest BCUT2D eigenvalue weighted by Gasteiger charge is 2.31. The second kappa shape index (κ2) is 12.4. The molecule has 1 saturated heterocycles. The van der Waals surface area contributed by atoms with E-state index in [2.05, 4.69) is 15.4 Å². The van der Waals surface area contributed by atoms with Crippen molar-refractivity contribution >= 4 is 23.6 Å². The summed E-state index contributed by atoms with van der Waals surface area (Å²) >= 11 is 0. The van der Waals surface area contributed by atoms with Gasteiger partial charge in [0.2, 0.25) is 0 Å². The molecule has 1 aliphatic rings. The van der Waals surface area contributed by atoms with Gasteiger partial charge in [0.05, 0.1) is 11.3 Å². The van der Waals surface area contributed by atoms with Crippen molar-refractivity contribution in [3.05, 3.63) is 89.5 Å². The van der Waals surface area contributed by atoms with Crippen molar-refractivity contribution in [3.8, 4) is 11.5 Å². The number of aromatic carboxylic acids is 1. The number of carbonyl (C=O) groups excluding carboxylic acids is 2. The summed E-state index contributed by atoms with van der Waals surface area (Å²) in [5.74, 6) is -1.89. The molecule has 9 nitrogen and oxygen atoms in total. The van der Waals surface area contributed by atoms with E-state index in [9.17, 15) is 32.7 Å². The molecule has 4 rings (SSSR count). The predicted molar refractivity (Wildman–Crippen MR) is 138 cm³/mol. The topological polar surface area (TPSA) is 117 Å². The van der Waals surface area contributed by atoms with Crippen LogP contribution in [0.5, 0.6) is 11.5 Å². The summed E-state index contributed by atoms with van der Waals surface area (Å²) in [6.45, 7) is 0.794. The van der Waals surface area contributed by atoms with Gasteiger partial charge in [-0.1, -0.05) is 36.4 Å². The molecule has 3 aromatic carbocycles. The van der Waals surface area contributed by atoms with Crippen LogP contribution in [0.25, 0.3) is 0 Å². The largest absolute Gasteiger partial charge is 0.573 e. The molecule has 0 aromatic heterocycles. The Labute approximate surface area is 227 Å². The van der Waals surface area contributed by atoms with Gasteiger partial charge in [-0.15, -0.1) is 13.2 Å². The van der Waals surface area contributed by atoms with Crippen LogP contribution in [0, 0.1) is 0 Å². The van der Waals surface area contributed by atoms with Gasteiger partial charge in [-0.3, -0.25) is 4.79 Å². The van der Waals surface area contributed by atoms with Gasteiger partial charge in [-0.25, -0.2) is 9.59 Å². The van der Waals surface area contributed by atoms with Crippen LogP contribution in [-0.4, -0.2) is 53.5 Å². The molecule has 12 heteroatoms. The Morgan fingerprint density at radius 1 is 0.925 bits per heavy atom. The number of piperidine rings is 1. The normalized spacial score (nSPS) is 13.8. The predicted octanol–water partition coefficient (Wildman–Crippen LogP) is 5.29. The number of anilines is 1. The Bertz CT molecular complexity index is 1360. The van der Waals surface area contributed by atoms with Crippen LogP contribution in [0.1, 0.15) is 39.1 Å². The van der Waals surface area contributed by atoms with Gasteiger partial charge in [-0.2, -0.15) is 0 Å². The third-order valence-electron chi connectivity index (χ3n) is 6.12. The van der Waals surface area contributed by atoms with E-state index in [0.29, 0.717) is 12.8 Å². The third kappa shape index (κ3) is 7.88. The van der Waals surface area contributed by atoms with E-state index in [0.717, 1.165) is 11.6 Å². The third-order valence-corrected chi connectivity index (χ3v) is 6.12. The molecule has 3 amide bonds. The first kappa shape index (κ1) is 28.3. The Hall–Kier alpha value is -4.74. The van der Waals surface area contributed by atoms with Crippen molar-refractivity contribution in [3.63, 3.8) is 0 Å². The fourth-order valence-corrected chi connectivity index (χ4v) is 4.16. The number of rotatable bonds is 8. The molecule has 3 N–H and O–H groups in total. The van der Waals surface area contributed by atoms with Crippen LogP contribution in [0.15, 0.2) is 72.8 Å². The molecule has 0 unspecified atom stereocenters. The Morgan fingerprint density at radius 2 is 1.62 bits per heavy atom. The molecule has 1 fully saturated rings. The molecular formula is C28H26F3N3O6. The SMILES string of the molecule is O=C(NCc1ccccc1)c1ccc(C(=O)O)c(NC(=O)N2CCC(Oc3cccc(OC(F)(F)F)c3)CC2)c1. The van der Waals surface area contributed by atoms with Crippen molar-refractivity contribution in [2.24, 2.45) is 0 Å². The van der Waals surface area contributed by atoms with Crippen molar-refractivity contribution in [1.82, 2.24) is 10.2 Å². The van der Waals surface area contributed by atoms with Crippen molar-refractivity contribution in [2.75, 3.05) is 18.4 Å². The fourth-order valence-electron chi connectivity index (χ4n) is 4.16. The minimum atomic E-state index is -4.82. The van der Waals surface area contributed by atoms with Crippen LogP contribution >= 0.6 is 0 Å². The summed E-state index contributed by atoms with van der Waals surface area (Å²) in [7, 11) is 0. The monoisotopic (exact) mass is 557 g/mol. The van der Waals surface area contributed by atoms with Gasteiger partial charge in [-0.05, 0) is 35.9 Å². The number of nitrogens with zero attached hydrogens (tertiary/aromatic N) is 1. The summed E-state index contributed by atoms with van der Waals surface area (Å²) in [6, 6.07) is 17.8. The summed E-state index contributed by atoms with van der Waals surface area (Å²) in [5.41, 5.74) is 0.873. The zero-order chi connectivity index (χ0) is 28.7. The van der Waals surface area contributed by atoms with Gasteiger partial charge in [0.15, 0.2) is 0 Å². The number of carboxylic acids is 1. The maximum atomic E-state index is 12.9. The number of urea groups is 1. The number of hydrogen-bond donors (Lipinski definition) is 3. The van der Waals surface area contributed by atoms with Gasteiger partial charge >= 0.3 is 18.4 Å². The minimum absolute atomic E-state index is 0.0234. The molecule has 3 aromatic rings. The summed E-state index contributed by atoms with van der Waals surface area (Å²) in [4.78, 5) is 38.8. The number of carbonyl (C=O) groups is 3. The highest BCUT2D eigenvalue weighted by atomic mass is 19.4. The zero-order valence-electron chi connectivity index (χ0n) is 21.1. The first-order valence-corrected chi connectivity index (χ1v) is 12.4. The average molecular weight is 558 g/mol.